The van der Waals surface area contributed by atoms with Crippen LogP contribution < -0.4 is 10.2 Å². The second-order valence-corrected chi connectivity index (χ2v) is 7.34. The van der Waals surface area contributed by atoms with Gasteiger partial charge >= 0.3 is 0 Å². The summed E-state index contributed by atoms with van der Waals surface area (Å²) in [4.78, 5) is 11.4. The molecule has 118 valence electrons. The average Bonchev–Trinajstić information content (AvgIpc) is 3.14. The Morgan fingerprint density at radius 2 is 2.14 bits per heavy atom. The standard InChI is InChI=1S/C16H28N4S/c1-3-17-13-7-6-8-14-15(13)18-16(21-14)19(2)11-12-20-9-4-5-10-20/h13,17H,3-12H2,1-2H3. The first-order valence-electron chi connectivity index (χ1n) is 8.44. The van der Waals surface area contributed by atoms with E-state index in [4.69, 9.17) is 4.98 Å². The van der Waals surface area contributed by atoms with Gasteiger partial charge in [-0.15, -0.1) is 11.3 Å². The fourth-order valence-corrected chi connectivity index (χ4v) is 4.56. The fourth-order valence-electron chi connectivity index (χ4n) is 3.41. The summed E-state index contributed by atoms with van der Waals surface area (Å²) in [7, 11) is 2.20. The van der Waals surface area contributed by atoms with Crippen molar-refractivity contribution < 1.29 is 0 Å². The van der Waals surface area contributed by atoms with E-state index in [1.54, 1.807) is 0 Å². The summed E-state index contributed by atoms with van der Waals surface area (Å²) in [5, 5.41) is 4.80. The maximum absolute atomic E-state index is 4.96. The smallest absolute Gasteiger partial charge is 0.185 e. The Kier molecular flexibility index (Phi) is 5.14. The molecule has 1 aliphatic carbocycles. The van der Waals surface area contributed by atoms with Gasteiger partial charge in [-0.3, -0.25) is 0 Å². The number of nitrogens with zero attached hydrogens (tertiary/aromatic N) is 3. The van der Waals surface area contributed by atoms with Crippen LogP contribution in [0, 0.1) is 0 Å². The van der Waals surface area contributed by atoms with Crippen LogP contribution in [0.5, 0.6) is 0 Å². The van der Waals surface area contributed by atoms with Crippen molar-refractivity contribution in [3.8, 4) is 0 Å². The number of nitrogens with one attached hydrogen (secondary N) is 1. The van der Waals surface area contributed by atoms with Crippen LogP contribution in [0.2, 0.25) is 0 Å². The topological polar surface area (TPSA) is 31.4 Å². The number of aryl methyl sites for hydroxylation is 1. The van der Waals surface area contributed by atoms with Gasteiger partial charge in [-0.05, 0) is 51.7 Å². The molecule has 2 aliphatic rings. The van der Waals surface area contributed by atoms with Gasteiger partial charge in [0.2, 0.25) is 0 Å². The van der Waals surface area contributed by atoms with Crippen molar-refractivity contribution in [2.75, 3.05) is 44.7 Å². The molecule has 5 heteroatoms. The van der Waals surface area contributed by atoms with Crippen LogP contribution in [0.25, 0.3) is 0 Å². The molecule has 1 aliphatic heterocycles. The lowest BCUT2D eigenvalue weighted by Gasteiger charge is -2.21. The van der Waals surface area contributed by atoms with Crippen molar-refractivity contribution in [2.24, 2.45) is 0 Å². The molecule has 1 saturated heterocycles. The van der Waals surface area contributed by atoms with Crippen LogP contribution in [-0.2, 0) is 6.42 Å². The molecule has 4 nitrogen and oxygen atoms in total. The van der Waals surface area contributed by atoms with E-state index in [0.29, 0.717) is 6.04 Å². The molecule has 0 bridgehead atoms. The highest BCUT2D eigenvalue weighted by atomic mass is 32.1. The SMILES string of the molecule is CCNC1CCCc2sc(N(C)CCN3CCCC3)nc21. The van der Waals surface area contributed by atoms with Gasteiger partial charge in [0.15, 0.2) is 5.13 Å². The van der Waals surface area contributed by atoms with Crippen LogP contribution in [0.1, 0.15) is 49.2 Å². The Morgan fingerprint density at radius 3 is 2.90 bits per heavy atom. The third-order valence-electron chi connectivity index (χ3n) is 4.67. The summed E-state index contributed by atoms with van der Waals surface area (Å²) in [6, 6.07) is 0.482. The molecule has 1 fully saturated rings. The maximum Gasteiger partial charge on any atom is 0.185 e. The largest absolute Gasteiger partial charge is 0.350 e. The zero-order valence-corrected chi connectivity index (χ0v) is 14.2. The third kappa shape index (κ3) is 3.58. The molecule has 1 aromatic rings. The van der Waals surface area contributed by atoms with Gasteiger partial charge in [0.05, 0.1) is 11.7 Å². The van der Waals surface area contributed by atoms with E-state index >= 15 is 0 Å². The van der Waals surface area contributed by atoms with Crippen molar-refractivity contribution in [3.05, 3.63) is 10.6 Å². The lowest BCUT2D eigenvalue weighted by atomic mass is 9.98. The molecule has 1 unspecified atom stereocenters. The van der Waals surface area contributed by atoms with Crippen LogP contribution >= 0.6 is 11.3 Å². The molecule has 0 saturated carbocycles. The Labute approximate surface area is 132 Å². The molecule has 1 atom stereocenters. The summed E-state index contributed by atoms with van der Waals surface area (Å²) in [5.41, 5.74) is 1.33. The quantitative estimate of drug-likeness (QED) is 0.875. The van der Waals surface area contributed by atoms with Crippen molar-refractivity contribution in [1.82, 2.24) is 15.2 Å². The van der Waals surface area contributed by atoms with Crippen LogP contribution in [-0.4, -0.2) is 49.7 Å². The van der Waals surface area contributed by atoms with Gasteiger partial charge in [-0.25, -0.2) is 4.98 Å². The molecule has 21 heavy (non-hydrogen) atoms. The normalized spacial score (nSPS) is 22.5. The van der Waals surface area contributed by atoms with E-state index in [0.717, 1.165) is 13.1 Å². The average molecular weight is 308 g/mol. The van der Waals surface area contributed by atoms with E-state index in [-0.39, 0.29) is 0 Å². The summed E-state index contributed by atoms with van der Waals surface area (Å²) in [6.45, 7) is 8.05. The number of fused-ring (bicyclic) bond motifs is 1. The summed E-state index contributed by atoms with van der Waals surface area (Å²) < 4.78 is 0. The van der Waals surface area contributed by atoms with E-state index in [9.17, 15) is 0 Å². The number of hydrogen-bond acceptors (Lipinski definition) is 5. The molecule has 1 N–H and O–H groups in total. The van der Waals surface area contributed by atoms with Gasteiger partial charge in [-0.1, -0.05) is 6.92 Å². The Morgan fingerprint density at radius 1 is 1.33 bits per heavy atom. The molecule has 0 aromatic carbocycles. The predicted octanol–water partition coefficient (Wildman–Crippen LogP) is 2.66. The lowest BCUT2D eigenvalue weighted by Crippen LogP contribution is -2.31. The second kappa shape index (κ2) is 7.07. The van der Waals surface area contributed by atoms with Crippen molar-refractivity contribution >= 4 is 16.5 Å². The molecule has 3 rings (SSSR count). The van der Waals surface area contributed by atoms with Crippen LogP contribution in [0.3, 0.4) is 0 Å². The first kappa shape index (κ1) is 15.3. The highest BCUT2D eigenvalue weighted by Gasteiger charge is 2.25. The van der Waals surface area contributed by atoms with Gasteiger partial charge in [0.1, 0.15) is 0 Å². The number of anilines is 1. The van der Waals surface area contributed by atoms with Gasteiger partial charge in [0.25, 0.3) is 0 Å². The van der Waals surface area contributed by atoms with Crippen LogP contribution in [0.4, 0.5) is 5.13 Å². The zero-order valence-electron chi connectivity index (χ0n) is 13.4. The van der Waals surface area contributed by atoms with Crippen molar-refractivity contribution in [2.45, 2.75) is 45.1 Å². The maximum atomic E-state index is 4.96. The number of hydrogen-bond donors (Lipinski definition) is 1. The van der Waals surface area contributed by atoms with E-state index in [2.05, 4.69) is 29.1 Å². The Bertz CT molecular complexity index is 453. The minimum atomic E-state index is 0.482. The molecular weight excluding hydrogens is 280 g/mol. The third-order valence-corrected chi connectivity index (χ3v) is 5.92. The van der Waals surface area contributed by atoms with Gasteiger partial charge < -0.3 is 15.1 Å². The zero-order chi connectivity index (χ0) is 14.7. The minimum Gasteiger partial charge on any atom is -0.350 e. The Hall–Kier alpha value is -0.650. The first-order chi connectivity index (χ1) is 10.3. The summed E-state index contributed by atoms with van der Waals surface area (Å²) in [5.74, 6) is 0. The summed E-state index contributed by atoms with van der Waals surface area (Å²) >= 11 is 1.91. The number of likely N-dealkylation sites (N-methyl/N-ethyl adjacent to an activating group) is 1. The number of thiazole rings is 1. The molecule has 0 spiro atoms. The number of aromatic nitrogens is 1. The van der Waals surface area contributed by atoms with E-state index in [1.807, 2.05) is 11.3 Å². The molecule has 2 heterocycles. The minimum absolute atomic E-state index is 0.482. The van der Waals surface area contributed by atoms with E-state index < -0.39 is 0 Å². The summed E-state index contributed by atoms with van der Waals surface area (Å²) in [6.07, 6.45) is 6.50. The molecular formula is C16H28N4S. The predicted molar refractivity (Wildman–Crippen MR) is 90.4 cm³/mol. The number of likely N-dealkylation sites (tertiary alicyclic amines) is 1. The number of rotatable bonds is 6. The van der Waals surface area contributed by atoms with Gasteiger partial charge in [0, 0.05) is 25.0 Å². The fraction of sp³-hybridized carbons (Fsp3) is 0.812. The second-order valence-electron chi connectivity index (χ2n) is 6.28. The monoisotopic (exact) mass is 308 g/mol. The highest BCUT2D eigenvalue weighted by molar-refractivity contribution is 7.15. The molecule has 0 radical (unpaired) electrons. The molecule has 0 amide bonds. The van der Waals surface area contributed by atoms with Crippen molar-refractivity contribution in [1.29, 1.82) is 0 Å². The first-order valence-corrected chi connectivity index (χ1v) is 9.26. The van der Waals surface area contributed by atoms with Crippen molar-refractivity contribution in [3.63, 3.8) is 0 Å². The molecule has 1 aromatic heterocycles. The lowest BCUT2D eigenvalue weighted by molar-refractivity contribution is 0.346. The van der Waals surface area contributed by atoms with Crippen LogP contribution in [0.15, 0.2) is 0 Å². The van der Waals surface area contributed by atoms with E-state index in [1.165, 1.54) is 67.4 Å². The Balaban J connectivity index is 1.62. The van der Waals surface area contributed by atoms with Gasteiger partial charge in [-0.2, -0.15) is 0 Å². The highest BCUT2D eigenvalue weighted by Crippen LogP contribution is 2.36.